The number of ketones is 1. The minimum atomic E-state index is -0.659. The smallest absolute Gasteiger partial charge is 0.408 e. The largest absolute Gasteiger partial charge is 0.444 e. The SMILES string of the molecule is CC(C)(C)OC(=O)N[C@@H](Cc1c[nH]c2ccccc12)c1nnc(SCC(=O)c2ccc(Cl)cc2)o1. The molecule has 0 saturated heterocycles. The van der Waals surface area contributed by atoms with Crippen LogP contribution in [-0.2, 0) is 11.2 Å². The molecule has 0 spiro atoms. The minimum Gasteiger partial charge on any atom is -0.444 e. The number of alkyl carbamates (subject to hydrolysis) is 1. The highest BCUT2D eigenvalue weighted by atomic mass is 35.5. The Labute approximate surface area is 211 Å². The second-order valence-corrected chi connectivity index (χ2v) is 10.3. The summed E-state index contributed by atoms with van der Waals surface area (Å²) < 4.78 is 11.3. The van der Waals surface area contributed by atoms with Crippen LogP contribution in [0.15, 0.2) is 64.4 Å². The molecule has 2 aromatic heterocycles. The molecule has 1 atom stereocenters. The van der Waals surface area contributed by atoms with Gasteiger partial charge in [0.05, 0.1) is 5.75 Å². The zero-order chi connectivity index (χ0) is 25.0. The number of aromatic nitrogens is 3. The first-order valence-corrected chi connectivity index (χ1v) is 12.3. The summed E-state index contributed by atoms with van der Waals surface area (Å²) in [4.78, 5) is 28.2. The lowest BCUT2D eigenvalue weighted by Gasteiger charge is -2.22. The Morgan fingerprint density at radius 2 is 1.89 bits per heavy atom. The summed E-state index contributed by atoms with van der Waals surface area (Å²) in [5.41, 5.74) is 1.85. The normalized spacial score (nSPS) is 12.5. The van der Waals surface area contributed by atoms with Crippen molar-refractivity contribution < 1.29 is 18.7 Å². The molecular formula is C25H25ClN4O4S. The van der Waals surface area contributed by atoms with Crippen LogP contribution in [-0.4, -0.2) is 38.4 Å². The number of para-hydroxylation sites is 1. The van der Waals surface area contributed by atoms with Gasteiger partial charge < -0.3 is 19.5 Å². The molecule has 4 rings (SSSR count). The lowest BCUT2D eigenvalue weighted by molar-refractivity contribution is 0.0494. The Morgan fingerprint density at radius 3 is 2.63 bits per heavy atom. The predicted octanol–water partition coefficient (Wildman–Crippen LogP) is 5.99. The lowest BCUT2D eigenvalue weighted by atomic mass is 10.1. The van der Waals surface area contributed by atoms with Crippen molar-refractivity contribution in [2.24, 2.45) is 0 Å². The monoisotopic (exact) mass is 512 g/mol. The summed E-state index contributed by atoms with van der Waals surface area (Å²) in [6.07, 6.45) is 1.71. The molecule has 0 bridgehead atoms. The molecule has 182 valence electrons. The van der Waals surface area contributed by atoms with E-state index in [1.54, 1.807) is 45.0 Å². The van der Waals surface area contributed by atoms with Crippen molar-refractivity contribution in [3.8, 4) is 0 Å². The fourth-order valence-corrected chi connectivity index (χ4v) is 4.23. The number of nitrogens with one attached hydrogen (secondary N) is 2. The van der Waals surface area contributed by atoms with Gasteiger partial charge in [0.15, 0.2) is 5.78 Å². The van der Waals surface area contributed by atoms with E-state index in [0.29, 0.717) is 17.0 Å². The molecule has 2 heterocycles. The molecule has 0 saturated carbocycles. The van der Waals surface area contributed by atoms with Gasteiger partial charge in [0.1, 0.15) is 11.6 Å². The van der Waals surface area contributed by atoms with Crippen LogP contribution in [0.4, 0.5) is 4.79 Å². The van der Waals surface area contributed by atoms with Gasteiger partial charge in [-0.05, 0) is 56.7 Å². The number of carbonyl (C=O) groups is 2. The highest BCUT2D eigenvalue weighted by molar-refractivity contribution is 7.99. The number of thioether (sulfide) groups is 1. The average molecular weight is 513 g/mol. The van der Waals surface area contributed by atoms with E-state index in [1.165, 1.54) is 0 Å². The maximum absolute atomic E-state index is 12.5. The number of carbonyl (C=O) groups excluding carboxylic acids is 2. The topological polar surface area (TPSA) is 110 Å². The minimum absolute atomic E-state index is 0.0892. The summed E-state index contributed by atoms with van der Waals surface area (Å²) >= 11 is 7.02. The summed E-state index contributed by atoms with van der Waals surface area (Å²) in [6.45, 7) is 5.38. The van der Waals surface area contributed by atoms with E-state index < -0.39 is 17.7 Å². The molecule has 0 unspecified atom stereocenters. The first-order valence-electron chi connectivity index (χ1n) is 11.0. The van der Waals surface area contributed by atoms with Gasteiger partial charge in [-0.2, -0.15) is 0 Å². The molecule has 0 fully saturated rings. The standard InChI is InChI=1S/C25H25ClN4O4S/c1-25(2,3)34-23(32)28-20(12-16-13-27-19-7-5-4-6-18(16)19)22-29-30-24(33-22)35-14-21(31)15-8-10-17(26)11-9-15/h4-11,13,20,27H,12,14H2,1-3H3,(H,28,32)/t20-/m0/s1. The number of rotatable bonds is 8. The summed E-state index contributed by atoms with van der Waals surface area (Å²) in [7, 11) is 0. The third kappa shape index (κ3) is 6.64. The van der Waals surface area contributed by atoms with Crippen LogP contribution in [0.25, 0.3) is 10.9 Å². The molecule has 0 aliphatic heterocycles. The van der Waals surface area contributed by atoms with E-state index in [4.69, 9.17) is 20.8 Å². The second kappa shape index (κ2) is 10.5. The third-order valence-electron chi connectivity index (χ3n) is 5.00. The molecule has 0 aliphatic carbocycles. The molecule has 8 nitrogen and oxygen atoms in total. The van der Waals surface area contributed by atoms with Crippen LogP contribution in [0.1, 0.15) is 48.6 Å². The van der Waals surface area contributed by atoms with E-state index in [1.807, 2.05) is 30.5 Å². The number of H-pyrrole nitrogens is 1. The van der Waals surface area contributed by atoms with Crippen LogP contribution >= 0.6 is 23.4 Å². The van der Waals surface area contributed by atoms with Crippen LogP contribution in [0.3, 0.4) is 0 Å². The molecule has 4 aromatic rings. The number of aromatic amines is 1. The van der Waals surface area contributed by atoms with E-state index in [0.717, 1.165) is 28.2 Å². The van der Waals surface area contributed by atoms with Gasteiger partial charge >= 0.3 is 6.09 Å². The molecule has 2 aromatic carbocycles. The predicted molar refractivity (Wildman–Crippen MR) is 135 cm³/mol. The Balaban J connectivity index is 1.50. The van der Waals surface area contributed by atoms with Crippen molar-refractivity contribution in [1.29, 1.82) is 0 Å². The van der Waals surface area contributed by atoms with Crippen LogP contribution in [0, 0.1) is 0 Å². The maximum atomic E-state index is 12.5. The number of hydrogen-bond acceptors (Lipinski definition) is 7. The number of hydrogen-bond donors (Lipinski definition) is 2. The van der Waals surface area contributed by atoms with Gasteiger partial charge in [-0.3, -0.25) is 4.79 Å². The summed E-state index contributed by atoms with van der Waals surface area (Å²) in [5, 5.41) is 12.9. The fourth-order valence-electron chi connectivity index (χ4n) is 3.44. The molecular weight excluding hydrogens is 488 g/mol. The van der Waals surface area contributed by atoms with Crippen molar-refractivity contribution in [2.75, 3.05) is 5.75 Å². The molecule has 35 heavy (non-hydrogen) atoms. The van der Waals surface area contributed by atoms with E-state index in [2.05, 4.69) is 20.5 Å². The van der Waals surface area contributed by atoms with E-state index in [9.17, 15) is 9.59 Å². The van der Waals surface area contributed by atoms with Crippen LogP contribution < -0.4 is 5.32 Å². The number of ether oxygens (including phenoxy) is 1. The fraction of sp³-hybridized carbons (Fsp3) is 0.280. The van der Waals surface area contributed by atoms with Gasteiger partial charge in [-0.15, -0.1) is 10.2 Å². The molecule has 2 N–H and O–H groups in total. The zero-order valence-corrected chi connectivity index (χ0v) is 21.1. The second-order valence-electron chi connectivity index (χ2n) is 8.89. The van der Waals surface area contributed by atoms with Crippen molar-refractivity contribution in [2.45, 2.75) is 44.1 Å². The number of nitrogens with zero attached hydrogens (tertiary/aromatic N) is 2. The van der Waals surface area contributed by atoms with E-state index >= 15 is 0 Å². The Kier molecular flexibility index (Phi) is 7.47. The van der Waals surface area contributed by atoms with Gasteiger partial charge in [0.25, 0.3) is 5.22 Å². The van der Waals surface area contributed by atoms with Crippen LogP contribution in [0.5, 0.6) is 0 Å². The summed E-state index contributed by atoms with van der Waals surface area (Å²) in [5.74, 6) is 0.256. The summed E-state index contributed by atoms with van der Waals surface area (Å²) in [6, 6.07) is 13.9. The molecule has 0 aliphatic rings. The lowest BCUT2D eigenvalue weighted by Crippen LogP contribution is -2.36. The third-order valence-corrected chi connectivity index (χ3v) is 6.07. The van der Waals surface area contributed by atoms with Crippen molar-refractivity contribution >= 4 is 46.1 Å². The molecule has 0 radical (unpaired) electrons. The van der Waals surface area contributed by atoms with Crippen molar-refractivity contribution in [3.05, 3.63) is 76.8 Å². The number of halogens is 1. The Morgan fingerprint density at radius 1 is 1.14 bits per heavy atom. The van der Waals surface area contributed by atoms with Gasteiger partial charge in [0, 0.05) is 34.1 Å². The average Bonchev–Trinajstić information content (AvgIpc) is 3.44. The van der Waals surface area contributed by atoms with Gasteiger partial charge in [0.2, 0.25) is 5.89 Å². The highest BCUT2D eigenvalue weighted by Gasteiger charge is 2.26. The Bertz CT molecular complexity index is 1330. The first-order chi connectivity index (χ1) is 16.7. The molecule has 10 heteroatoms. The quantitative estimate of drug-likeness (QED) is 0.220. The van der Waals surface area contributed by atoms with Crippen LogP contribution in [0.2, 0.25) is 5.02 Å². The number of Topliss-reactive ketones (excluding diaryl/α,β-unsaturated/α-hetero) is 1. The maximum Gasteiger partial charge on any atom is 0.408 e. The van der Waals surface area contributed by atoms with Gasteiger partial charge in [-0.25, -0.2) is 4.79 Å². The van der Waals surface area contributed by atoms with Gasteiger partial charge in [-0.1, -0.05) is 41.6 Å². The number of amides is 1. The highest BCUT2D eigenvalue weighted by Crippen LogP contribution is 2.27. The molecule has 1 amide bonds. The van der Waals surface area contributed by atoms with E-state index in [-0.39, 0.29) is 22.6 Å². The Hall–Kier alpha value is -3.30. The van der Waals surface area contributed by atoms with Crippen molar-refractivity contribution in [3.63, 3.8) is 0 Å². The number of fused-ring (bicyclic) bond motifs is 1. The number of benzene rings is 2. The first kappa shape index (κ1) is 24.8. The zero-order valence-electron chi connectivity index (χ0n) is 19.5. The van der Waals surface area contributed by atoms with Crippen molar-refractivity contribution in [1.82, 2.24) is 20.5 Å².